The van der Waals surface area contributed by atoms with Crippen LogP contribution in [-0.4, -0.2) is 13.4 Å². The van der Waals surface area contributed by atoms with Gasteiger partial charge in [-0.15, -0.1) is 0 Å². The lowest BCUT2D eigenvalue weighted by molar-refractivity contribution is 0.566. The molecule has 1 unspecified atom stereocenters. The van der Waals surface area contributed by atoms with E-state index < -0.39 is 10.0 Å². The SMILES string of the molecule is Cc1ccc(C)c(S(=O)(=O)NC(C)c2cccnc2)c1. The first-order chi connectivity index (χ1) is 9.40. The van der Waals surface area contributed by atoms with Gasteiger partial charge in [0.2, 0.25) is 10.0 Å². The van der Waals surface area contributed by atoms with Gasteiger partial charge in [0.25, 0.3) is 0 Å². The second-order valence-corrected chi connectivity index (χ2v) is 6.58. The summed E-state index contributed by atoms with van der Waals surface area (Å²) in [6.45, 7) is 5.48. The average Bonchev–Trinajstić information content (AvgIpc) is 2.42. The number of aryl methyl sites for hydroxylation is 2. The molecule has 2 aromatic rings. The Kier molecular flexibility index (Phi) is 4.20. The molecule has 0 amide bonds. The third-order valence-corrected chi connectivity index (χ3v) is 4.83. The van der Waals surface area contributed by atoms with E-state index in [-0.39, 0.29) is 6.04 Å². The van der Waals surface area contributed by atoms with Gasteiger partial charge in [0, 0.05) is 18.4 Å². The van der Waals surface area contributed by atoms with Gasteiger partial charge >= 0.3 is 0 Å². The van der Waals surface area contributed by atoms with Crippen LogP contribution in [0.3, 0.4) is 0 Å². The summed E-state index contributed by atoms with van der Waals surface area (Å²) < 4.78 is 27.6. The number of pyridine rings is 1. The zero-order chi connectivity index (χ0) is 14.8. The van der Waals surface area contributed by atoms with Gasteiger partial charge in [-0.2, -0.15) is 0 Å². The van der Waals surface area contributed by atoms with Gasteiger partial charge in [0.15, 0.2) is 0 Å². The van der Waals surface area contributed by atoms with E-state index in [4.69, 9.17) is 0 Å². The molecule has 0 aliphatic heterocycles. The number of sulfonamides is 1. The third kappa shape index (κ3) is 3.23. The van der Waals surface area contributed by atoms with E-state index in [2.05, 4.69) is 9.71 Å². The fraction of sp³-hybridized carbons (Fsp3) is 0.267. The lowest BCUT2D eigenvalue weighted by Gasteiger charge is -2.15. The highest BCUT2D eigenvalue weighted by Crippen LogP contribution is 2.20. The third-order valence-electron chi connectivity index (χ3n) is 3.15. The van der Waals surface area contributed by atoms with Crippen molar-refractivity contribution in [1.82, 2.24) is 9.71 Å². The smallest absolute Gasteiger partial charge is 0.241 e. The van der Waals surface area contributed by atoms with Gasteiger partial charge in [-0.1, -0.05) is 18.2 Å². The number of benzene rings is 1. The summed E-state index contributed by atoms with van der Waals surface area (Å²) in [6, 6.07) is 8.72. The van der Waals surface area contributed by atoms with Gasteiger partial charge in [0.1, 0.15) is 0 Å². The van der Waals surface area contributed by atoms with E-state index in [0.717, 1.165) is 16.7 Å². The van der Waals surface area contributed by atoms with Crippen LogP contribution in [0.15, 0.2) is 47.6 Å². The molecule has 4 nitrogen and oxygen atoms in total. The van der Waals surface area contributed by atoms with Crippen molar-refractivity contribution in [1.29, 1.82) is 0 Å². The summed E-state index contributed by atoms with van der Waals surface area (Å²) in [5, 5.41) is 0. The molecule has 2 rings (SSSR count). The Balaban J connectivity index is 2.30. The predicted molar refractivity (Wildman–Crippen MR) is 78.9 cm³/mol. The van der Waals surface area contributed by atoms with Crippen LogP contribution < -0.4 is 4.72 Å². The lowest BCUT2D eigenvalue weighted by atomic mass is 10.2. The molecule has 1 heterocycles. The Hall–Kier alpha value is -1.72. The molecule has 5 heteroatoms. The number of aromatic nitrogens is 1. The number of nitrogens with one attached hydrogen (secondary N) is 1. The number of hydrogen-bond acceptors (Lipinski definition) is 3. The summed E-state index contributed by atoms with van der Waals surface area (Å²) in [4.78, 5) is 4.33. The highest BCUT2D eigenvalue weighted by Gasteiger charge is 2.20. The summed E-state index contributed by atoms with van der Waals surface area (Å²) in [5.74, 6) is 0. The number of nitrogens with zero attached hydrogens (tertiary/aromatic N) is 1. The molecule has 1 aromatic heterocycles. The highest BCUT2D eigenvalue weighted by molar-refractivity contribution is 7.89. The maximum absolute atomic E-state index is 12.5. The van der Waals surface area contributed by atoms with Crippen LogP contribution in [0.2, 0.25) is 0 Å². The first-order valence-electron chi connectivity index (χ1n) is 6.39. The van der Waals surface area contributed by atoms with Crippen molar-refractivity contribution in [2.24, 2.45) is 0 Å². The van der Waals surface area contributed by atoms with Gasteiger partial charge in [-0.3, -0.25) is 4.98 Å². The largest absolute Gasteiger partial charge is 0.264 e. The molecule has 1 atom stereocenters. The molecule has 106 valence electrons. The Morgan fingerprint density at radius 1 is 1.20 bits per heavy atom. The van der Waals surface area contributed by atoms with Crippen molar-refractivity contribution in [3.05, 3.63) is 59.4 Å². The van der Waals surface area contributed by atoms with Gasteiger partial charge < -0.3 is 0 Å². The first-order valence-corrected chi connectivity index (χ1v) is 7.88. The minimum atomic E-state index is -3.54. The Morgan fingerprint density at radius 2 is 1.95 bits per heavy atom. The molecule has 0 saturated heterocycles. The number of rotatable bonds is 4. The zero-order valence-electron chi connectivity index (χ0n) is 11.8. The van der Waals surface area contributed by atoms with Crippen molar-refractivity contribution in [3.8, 4) is 0 Å². The van der Waals surface area contributed by atoms with Crippen LogP contribution in [0.1, 0.15) is 29.7 Å². The Morgan fingerprint density at radius 3 is 2.60 bits per heavy atom. The molecular weight excluding hydrogens is 272 g/mol. The molecule has 20 heavy (non-hydrogen) atoms. The molecule has 0 spiro atoms. The summed E-state index contributed by atoms with van der Waals surface area (Å²) in [5.41, 5.74) is 2.49. The zero-order valence-corrected chi connectivity index (χ0v) is 12.6. The summed E-state index contributed by atoms with van der Waals surface area (Å²) in [7, 11) is -3.54. The van der Waals surface area contributed by atoms with Crippen molar-refractivity contribution >= 4 is 10.0 Å². The molecule has 0 radical (unpaired) electrons. The molecule has 0 fully saturated rings. The van der Waals surface area contributed by atoms with Crippen molar-refractivity contribution in [2.75, 3.05) is 0 Å². The summed E-state index contributed by atoms with van der Waals surface area (Å²) in [6.07, 6.45) is 3.33. The van der Waals surface area contributed by atoms with Crippen LogP contribution in [0, 0.1) is 13.8 Å². The second-order valence-electron chi connectivity index (χ2n) is 4.90. The second kappa shape index (κ2) is 5.73. The molecule has 1 N–H and O–H groups in total. The van der Waals surface area contributed by atoms with E-state index >= 15 is 0 Å². The molecule has 0 bridgehead atoms. The lowest BCUT2D eigenvalue weighted by Crippen LogP contribution is -2.27. The van der Waals surface area contributed by atoms with Crippen molar-refractivity contribution in [2.45, 2.75) is 31.7 Å². The van der Waals surface area contributed by atoms with Crippen LogP contribution in [0.25, 0.3) is 0 Å². The maximum Gasteiger partial charge on any atom is 0.241 e. The van der Waals surface area contributed by atoms with Crippen molar-refractivity contribution < 1.29 is 8.42 Å². The van der Waals surface area contributed by atoms with E-state index in [0.29, 0.717) is 4.90 Å². The topological polar surface area (TPSA) is 59.1 Å². The fourth-order valence-electron chi connectivity index (χ4n) is 1.99. The van der Waals surface area contributed by atoms with Crippen molar-refractivity contribution in [3.63, 3.8) is 0 Å². The minimum Gasteiger partial charge on any atom is -0.264 e. The van der Waals surface area contributed by atoms with Gasteiger partial charge in [0.05, 0.1) is 4.90 Å². The molecule has 0 saturated carbocycles. The van der Waals surface area contributed by atoms with Gasteiger partial charge in [-0.25, -0.2) is 13.1 Å². The average molecular weight is 290 g/mol. The highest BCUT2D eigenvalue weighted by atomic mass is 32.2. The van der Waals surface area contributed by atoms with E-state index in [1.54, 1.807) is 38.4 Å². The monoisotopic (exact) mass is 290 g/mol. The quantitative estimate of drug-likeness (QED) is 0.942. The molecule has 0 aliphatic rings. The van der Waals surface area contributed by atoms with E-state index in [1.807, 2.05) is 25.1 Å². The molecular formula is C15H18N2O2S. The minimum absolute atomic E-state index is 0.325. The van der Waals surface area contributed by atoms with Crippen LogP contribution in [0.5, 0.6) is 0 Å². The van der Waals surface area contributed by atoms with Gasteiger partial charge in [-0.05, 0) is 49.6 Å². The Bertz CT molecular complexity index is 697. The molecule has 1 aromatic carbocycles. The van der Waals surface area contributed by atoms with E-state index in [9.17, 15) is 8.42 Å². The summed E-state index contributed by atoms with van der Waals surface area (Å²) >= 11 is 0. The Labute approximate surface area is 119 Å². The molecule has 0 aliphatic carbocycles. The van der Waals surface area contributed by atoms with Crippen LogP contribution in [-0.2, 0) is 10.0 Å². The maximum atomic E-state index is 12.5. The normalized spacial score (nSPS) is 13.2. The van der Waals surface area contributed by atoms with E-state index in [1.165, 1.54) is 0 Å². The fourth-order valence-corrected chi connectivity index (χ4v) is 3.55. The first kappa shape index (κ1) is 14.7. The predicted octanol–water partition coefficient (Wildman–Crippen LogP) is 2.74. The van der Waals surface area contributed by atoms with Crippen LogP contribution in [0.4, 0.5) is 0 Å². The standard InChI is InChI=1S/C15H18N2O2S/c1-11-6-7-12(2)15(9-11)20(18,19)17-13(3)14-5-4-8-16-10-14/h4-10,13,17H,1-3H3. The van der Waals surface area contributed by atoms with Crippen LogP contribution >= 0.6 is 0 Å². The number of hydrogen-bond donors (Lipinski definition) is 1.